The number of hydrogen-bond donors (Lipinski definition) is 1. The average Bonchev–Trinajstić information content (AvgIpc) is 3.25. The largest absolute Gasteiger partial charge is 0.465 e. The minimum atomic E-state index is 0.0173. The Morgan fingerprint density at radius 2 is 2.22 bits per heavy atom. The molecule has 3 heterocycles. The lowest BCUT2D eigenvalue weighted by atomic mass is 9.93. The van der Waals surface area contributed by atoms with Crippen LogP contribution in [0.15, 0.2) is 41.2 Å². The molecular weight excluding hydrogens is 294 g/mol. The quantitative estimate of drug-likeness (QED) is 0.855. The zero-order chi connectivity index (χ0) is 16.1. The molecule has 0 radical (unpaired) electrons. The molecule has 6 heteroatoms. The van der Waals surface area contributed by atoms with E-state index in [4.69, 9.17) is 9.52 Å². The second-order valence-corrected chi connectivity index (χ2v) is 5.65. The zero-order valence-electron chi connectivity index (χ0n) is 13.0. The van der Waals surface area contributed by atoms with Gasteiger partial charge in [0, 0.05) is 37.0 Å². The molecule has 1 fully saturated rings. The second kappa shape index (κ2) is 7.28. The van der Waals surface area contributed by atoms with Crippen LogP contribution in [-0.4, -0.2) is 45.4 Å². The maximum absolute atomic E-state index is 12.2. The lowest BCUT2D eigenvalue weighted by molar-refractivity contribution is -0.127. The fourth-order valence-corrected chi connectivity index (χ4v) is 3.01. The highest BCUT2D eigenvalue weighted by molar-refractivity contribution is 5.91. The van der Waals surface area contributed by atoms with Crippen molar-refractivity contribution in [3.8, 4) is 0 Å². The Labute approximate surface area is 135 Å². The fraction of sp³-hybridized carbons (Fsp3) is 0.412. The first-order valence-electron chi connectivity index (χ1n) is 7.91. The summed E-state index contributed by atoms with van der Waals surface area (Å²) in [6, 6.07) is 5.62. The van der Waals surface area contributed by atoms with E-state index >= 15 is 0 Å². The number of aromatic nitrogens is 2. The SMILES string of the molecule is O=C(/C=C/c1ccco1)N1CCC(c2ccnn2CCO)CC1. The highest BCUT2D eigenvalue weighted by Crippen LogP contribution is 2.28. The molecule has 1 saturated heterocycles. The van der Waals surface area contributed by atoms with Gasteiger partial charge >= 0.3 is 0 Å². The van der Waals surface area contributed by atoms with E-state index in [9.17, 15) is 4.79 Å². The summed E-state index contributed by atoms with van der Waals surface area (Å²) < 4.78 is 7.05. The van der Waals surface area contributed by atoms with E-state index in [-0.39, 0.29) is 12.5 Å². The van der Waals surface area contributed by atoms with Gasteiger partial charge in [0.15, 0.2) is 0 Å². The van der Waals surface area contributed by atoms with Crippen LogP contribution in [0.2, 0.25) is 0 Å². The molecule has 6 nitrogen and oxygen atoms in total. The van der Waals surface area contributed by atoms with E-state index in [1.54, 1.807) is 30.7 Å². The van der Waals surface area contributed by atoms with Crippen LogP contribution >= 0.6 is 0 Å². The highest BCUT2D eigenvalue weighted by atomic mass is 16.3. The van der Waals surface area contributed by atoms with Crippen molar-refractivity contribution >= 4 is 12.0 Å². The first kappa shape index (κ1) is 15.6. The third-order valence-corrected chi connectivity index (χ3v) is 4.22. The number of carbonyl (C=O) groups is 1. The van der Waals surface area contributed by atoms with Gasteiger partial charge in [-0.25, -0.2) is 0 Å². The summed E-state index contributed by atoms with van der Waals surface area (Å²) in [4.78, 5) is 14.1. The van der Waals surface area contributed by atoms with E-state index in [1.165, 1.54) is 0 Å². The molecule has 0 atom stereocenters. The molecule has 3 rings (SSSR count). The molecule has 2 aromatic rings. The smallest absolute Gasteiger partial charge is 0.246 e. The summed E-state index contributed by atoms with van der Waals surface area (Å²) in [5.74, 6) is 1.09. The summed E-state index contributed by atoms with van der Waals surface area (Å²) in [7, 11) is 0. The summed E-state index contributed by atoms with van der Waals surface area (Å²) in [6.07, 6.45) is 8.45. The van der Waals surface area contributed by atoms with Crippen molar-refractivity contribution in [3.05, 3.63) is 48.2 Å². The van der Waals surface area contributed by atoms with Gasteiger partial charge in [0.2, 0.25) is 5.91 Å². The standard InChI is InChI=1S/C17H21N3O3/c21-12-11-20-16(5-8-18-20)14-6-9-19(10-7-14)17(22)4-3-15-2-1-13-23-15/h1-5,8,13-14,21H,6-7,9-12H2/b4-3+. The van der Waals surface area contributed by atoms with Crippen molar-refractivity contribution < 1.29 is 14.3 Å². The van der Waals surface area contributed by atoms with Crippen LogP contribution in [0.25, 0.3) is 6.08 Å². The molecule has 122 valence electrons. The van der Waals surface area contributed by atoms with E-state index in [0.717, 1.165) is 31.6 Å². The predicted molar refractivity (Wildman–Crippen MR) is 85.6 cm³/mol. The summed E-state index contributed by atoms with van der Waals surface area (Å²) in [6.45, 7) is 2.07. The number of furan rings is 1. The Bertz CT molecular complexity index is 652. The number of aliphatic hydroxyl groups excluding tert-OH is 1. The number of aliphatic hydroxyl groups is 1. The van der Waals surface area contributed by atoms with Crippen molar-refractivity contribution in [3.63, 3.8) is 0 Å². The summed E-state index contributed by atoms with van der Waals surface area (Å²) in [5.41, 5.74) is 1.15. The van der Waals surface area contributed by atoms with Crippen molar-refractivity contribution in [2.45, 2.75) is 25.3 Å². The molecule has 1 aliphatic rings. The first-order valence-corrected chi connectivity index (χ1v) is 7.91. The Balaban J connectivity index is 1.55. The third-order valence-electron chi connectivity index (χ3n) is 4.22. The monoisotopic (exact) mass is 315 g/mol. The third kappa shape index (κ3) is 3.71. The van der Waals surface area contributed by atoms with Gasteiger partial charge in [-0.1, -0.05) is 0 Å². The minimum Gasteiger partial charge on any atom is -0.465 e. The van der Waals surface area contributed by atoms with E-state index in [0.29, 0.717) is 18.2 Å². The van der Waals surface area contributed by atoms with Crippen molar-refractivity contribution in [1.82, 2.24) is 14.7 Å². The number of amides is 1. The van der Waals surface area contributed by atoms with Gasteiger partial charge in [-0.2, -0.15) is 5.10 Å². The summed E-state index contributed by atoms with van der Waals surface area (Å²) >= 11 is 0. The van der Waals surface area contributed by atoms with Gasteiger partial charge in [-0.3, -0.25) is 9.48 Å². The Kier molecular flexibility index (Phi) is 4.92. The molecule has 0 bridgehead atoms. The number of piperidine rings is 1. The molecule has 1 N–H and O–H groups in total. The van der Waals surface area contributed by atoms with E-state index in [2.05, 4.69) is 5.10 Å². The van der Waals surface area contributed by atoms with Crippen LogP contribution in [0, 0.1) is 0 Å². The van der Waals surface area contributed by atoms with Crippen molar-refractivity contribution in [2.75, 3.05) is 19.7 Å². The molecule has 1 aliphatic heterocycles. The Morgan fingerprint density at radius 3 is 2.91 bits per heavy atom. The van der Waals surface area contributed by atoms with Crippen LogP contribution in [0.1, 0.15) is 30.2 Å². The molecule has 0 saturated carbocycles. The molecule has 2 aromatic heterocycles. The van der Waals surface area contributed by atoms with Gasteiger partial charge in [-0.15, -0.1) is 0 Å². The van der Waals surface area contributed by atoms with Crippen LogP contribution < -0.4 is 0 Å². The number of likely N-dealkylation sites (tertiary alicyclic amines) is 1. The fourth-order valence-electron chi connectivity index (χ4n) is 3.01. The van der Waals surface area contributed by atoms with Gasteiger partial charge in [0.1, 0.15) is 5.76 Å². The lowest BCUT2D eigenvalue weighted by Gasteiger charge is -2.31. The topological polar surface area (TPSA) is 71.5 Å². The average molecular weight is 315 g/mol. The molecule has 1 amide bonds. The van der Waals surface area contributed by atoms with E-state index < -0.39 is 0 Å². The number of carbonyl (C=O) groups excluding carboxylic acids is 1. The lowest BCUT2D eigenvalue weighted by Crippen LogP contribution is -2.37. The molecule has 0 unspecified atom stereocenters. The normalized spacial score (nSPS) is 16.3. The second-order valence-electron chi connectivity index (χ2n) is 5.65. The number of nitrogens with zero attached hydrogens (tertiary/aromatic N) is 3. The van der Waals surface area contributed by atoms with Crippen molar-refractivity contribution in [2.24, 2.45) is 0 Å². The zero-order valence-corrected chi connectivity index (χ0v) is 13.0. The molecular formula is C17H21N3O3. The van der Waals surface area contributed by atoms with E-state index in [1.807, 2.05) is 21.7 Å². The number of hydrogen-bond acceptors (Lipinski definition) is 4. The van der Waals surface area contributed by atoms with Gasteiger partial charge in [0.05, 0.1) is 19.4 Å². The highest BCUT2D eigenvalue weighted by Gasteiger charge is 2.24. The molecule has 0 spiro atoms. The van der Waals surface area contributed by atoms with Gasteiger partial charge < -0.3 is 14.4 Å². The Hall–Kier alpha value is -2.34. The minimum absolute atomic E-state index is 0.0173. The molecule has 23 heavy (non-hydrogen) atoms. The predicted octanol–water partition coefficient (Wildman–Crippen LogP) is 1.89. The number of rotatable bonds is 5. The maximum atomic E-state index is 12.2. The van der Waals surface area contributed by atoms with Crippen molar-refractivity contribution in [1.29, 1.82) is 0 Å². The van der Waals surface area contributed by atoms with Crippen LogP contribution in [0.3, 0.4) is 0 Å². The summed E-state index contributed by atoms with van der Waals surface area (Å²) in [5, 5.41) is 13.3. The van der Waals surface area contributed by atoms with Gasteiger partial charge in [-0.05, 0) is 37.1 Å². The van der Waals surface area contributed by atoms with Gasteiger partial charge in [0.25, 0.3) is 0 Å². The maximum Gasteiger partial charge on any atom is 0.246 e. The first-order chi connectivity index (χ1) is 11.3. The van der Waals surface area contributed by atoms with Crippen LogP contribution in [0.5, 0.6) is 0 Å². The van der Waals surface area contributed by atoms with Crippen LogP contribution in [0.4, 0.5) is 0 Å². The molecule has 0 aliphatic carbocycles. The molecule has 0 aromatic carbocycles. The van der Waals surface area contributed by atoms with Crippen LogP contribution in [-0.2, 0) is 11.3 Å². The Morgan fingerprint density at radius 1 is 1.39 bits per heavy atom.